The van der Waals surface area contributed by atoms with Crippen LogP contribution in [0.5, 0.6) is 0 Å². The fourth-order valence-electron chi connectivity index (χ4n) is 1.17. The summed E-state index contributed by atoms with van der Waals surface area (Å²) in [4.78, 5) is 1.10. The van der Waals surface area contributed by atoms with Gasteiger partial charge in [0.25, 0.3) is 0 Å². The van der Waals surface area contributed by atoms with Gasteiger partial charge in [-0.2, -0.15) is 5.26 Å². The van der Waals surface area contributed by atoms with E-state index in [-0.39, 0.29) is 0 Å². The second kappa shape index (κ2) is 5.16. The molecule has 0 atom stereocenters. The predicted octanol–water partition coefficient (Wildman–Crippen LogP) is 3.52. The molecule has 0 aliphatic carbocycles. The Balaban J connectivity index is 2.93. The highest BCUT2D eigenvalue weighted by Crippen LogP contribution is 2.29. The van der Waals surface area contributed by atoms with Crippen LogP contribution in [-0.2, 0) is 6.42 Å². The summed E-state index contributed by atoms with van der Waals surface area (Å²) in [6, 6.07) is 7.96. The maximum atomic E-state index is 8.47. The first-order valence-corrected chi connectivity index (χ1v) is 5.58. The van der Waals surface area contributed by atoms with Crippen molar-refractivity contribution in [1.82, 2.24) is 0 Å². The Labute approximate surface area is 87.7 Å². The minimum absolute atomic E-state index is 0.550. The number of aryl methyl sites for hydroxylation is 1. The minimum Gasteiger partial charge on any atom is -0.198 e. The lowest BCUT2D eigenvalue weighted by molar-refractivity contribution is 0.980. The third-order valence-electron chi connectivity index (χ3n) is 1.76. The molecule has 3 heteroatoms. The quantitative estimate of drug-likeness (QED) is 0.715. The Kier molecular flexibility index (Phi) is 4.14. The molecule has 0 aromatic heterocycles. The fraction of sp³-hybridized carbons (Fsp3) is 0.300. The molecule has 0 saturated heterocycles. The summed E-state index contributed by atoms with van der Waals surface area (Å²) in [5.74, 6) is 0. The summed E-state index contributed by atoms with van der Waals surface area (Å²) in [6.45, 7) is 0. The smallest absolute Gasteiger partial charge is 0.0625 e. The maximum absolute atomic E-state index is 8.47. The number of nitrogens with zero attached hydrogens (tertiary/aromatic N) is 1. The Morgan fingerprint density at radius 3 is 2.92 bits per heavy atom. The van der Waals surface area contributed by atoms with Gasteiger partial charge in [-0.05, 0) is 24.3 Å². The van der Waals surface area contributed by atoms with Crippen molar-refractivity contribution in [2.75, 3.05) is 6.26 Å². The number of nitriles is 1. The van der Waals surface area contributed by atoms with E-state index in [1.165, 1.54) is 5.56 Å². The van der Waals surface area contributed by atoms with Crippen molar-refractivity contribution in [1.29, 1.82) is 5.26 Å². The molecule has 0 fully saturated rings. The summed E-state index contributed by atoms with van der Waals surface area (Å²) in [7, 11) is 0. The van der Waals surface area contributed by atoms with Gasteiger partial charge in [-0.25, -0.2) is 0 Å². The molecule has 0 radical (unpaired) electrons. The zero-order valence-corrected chi connectivity index (χ0v) is 8.95. The molecule has 13 heavy (non-hydrogen) atoms. The second-order valence-corrected chi connectivity index (χ2v) is 3.81. The third-order valence-corrected chi connectivity index (χ3v) is 3.08. The predicted molar refractivity (Wildman–Crippen MR) is 57.2 cm³/mol. The summed E-state index contributed by atoms with van der Waals surface area (Å²) >= 11 is 7.64. The highest BCUT2D eigenvalue weighted by Gasteiger charge is 2.04. The maximum Gasteiger partial charge on any atom is 0.0625 e. The van der Waals surface area contributed by atoms with Crippen LogP contribution in [0.1, 0.15) is 12.0 Å². The molecule has 68 valence electrons. The van der Waals surface area contributed by atoms with E-state index in [1.807, 2.05) is 24.5 Å². The van der Waals surface area contributed by atoms with Gasteiger partial charge in [0.05, 0.1) is 11.1 Å². The van der Waals surface area contributed by atoms with E-state index in [0.717, 1.165) is 16.3 Å². The normalized spacial score (nSPS) is 9.62. The van der Waals surface area contributed by atoms with Crippen LogP contribution >= 0.6 is 23.4 Å². The minimum atomic E-state index is 0.550. The van der Waals surface area contributed by atoms with E-state index in [4.69, 9.17) is 16.9 Å². The standard InChI is InChI=1S/C10H10ClNS/c1-13-10-8(5-3-7-12)4-2-6-9(10)11/h2,4,6H,3,5H2,1H3. The Morgan fingerprint density at radius 1 is 1.54 bits per heavy atom. The van der Waals surface area contributed by atoms with Crippen molar-refractivity contribution in [3.63, 3.8) is 0 Å². The molecule has 0 heterocycles. The van der Waals surface area contributed by atoms with Gasteiger partial charge < -0.3 is 0 Å². The molecule has 0 aliphatic rings. The van der Waals surface area contributed by atoms with Crippen LogP contribution in [-0.4, -0.2) is 6.26 Å². The van der Waals surface area contributed by atoms with Crippen LogP contribution in [0.4, 0.5) is 0 Å². The highest BCUT2D eigenvalue weighted by molar-refractivity contribution is 7.98. The third kappa shape index (κ3) is 2.65. The molecule has 0 amide bonds. The van der Waals surface area contributed by atoms with Gasteiger partial charge in [-0.1, -0.05) is 23.7 Å². The SMILES string of the molecule is CSc1c(Cl)cccc1CCC#N. The lowest BCUT2D eigenvalue weighted by Gasteiger charge is -2.06. The average Bonchev–Trinajstić information content (AvgIpc) is 2.15. The van der Waals surface area contributed by atoms with E-state index in [0.29, 0.717) is 6.42 Å². The van der Waals surface area contributed by atoms with E-state index in [9.17, 15) is 0 Å². The van der Waals surface area contributed by atoms with Crippen molar-refractivity contribution in [3.05, 3.63) is 28.8 Å². The first-order chi connectivity index (χ1) is 6.29. The second-order valence-electron chi connectivity index (χ2n) is 2.59. The Bertz CT molecular complexity index is 330. The van der Waals surface area contributed by atoms with Crippen molar-refractivity contribution in [2.24, 2.45) is 0 Å². The van der Waals surface area contributed by atoms with Crippen LogP contribution in [0.25, 0.3) is 0 Å². The first-order valence-electron chi connectivity index (χ1n) is 3.98. The van der Waals surface area contributed by atoms with Crippen LogP contribution < -0.4 is 0 Å². The van der Waals surface area contributed by atoms with Crippen molar-refractivity contribution >= 4 is 23.4 Å². The summed E-state index contributed by atoms with van der Waals surface area (Å²) in [5.41, 5.74) is 1.17. The zero-order chi connectivity index (χ0) is 9.68. The summed E-state index contributed by atoms with van der Waals surface area (Å²) < 4.78 is 0. The summed E-state index contributed by atoms with van der Waals surface area (Å²) in [5, 5.41) is 9.25. The van der Waals surface area contributed by atoms with E-state index < -0.39 is 0 Å². The van der Waals surface area contributed by atoms with Crippen LogP contribution in [0, 0.1) is 11.3 Å². The molecule has 0 bridgehead atoms. The monoisotopic (exact) mass is 211 g/mol. The van der Waals surface area contributed by atoms with Crippen LogP contribution in [0.3, 0.4) is 0 Å². The first kappa shape index (κ1) is 10.4. The van der Waals surface area contributed by atoms with Crippen molar-refractivity contribution in [2.45, 2.75) is 17.7 Å². The van der Waals surface area contributed by atoms with Gasteiger partial charge >= 0.3 is 0 Å². The number of benzene rings is 1. The van der Waals surface area contributed by atoms with Gasteiger partial charge in [0.15, 0.2) is 0 Å². The van der Waals surface area contributed by atoms with Crippen molar-refractivity contribution < 1.29 is 0 Å². The van der Waals surface area contributed by atoms with Gasteiger partial charge in [-0.3, -0.25) is 0 Å². The fourth-order valence-corrected chi connectivity index (χ4v) is 2.29. The molecule has 1 aromatic carbocycles. The summed E-state index contributed by atoms with van der Waals surface area (Å²) in [6.07, 6.45) is 3.33. The number of rotatable bonds is 3. The Hall–Kier alpha value is -0.650. The number of halogens is 1. The molecule has 1 nitrogen and oxygen atoms in total. The number of hydrogen-bond acceptors (Lipinski definition) is 2. The molecule has 0 saturated carbocycles. The highest BCUT2D eigenvalue weighted by atomic mass is 35.5. The van der Waals surface area contributed by atoms with Crippen molar-refractivity contribution in [3.8, 4) is 6.07 Å². The molecular formula is C10H10ClNS. The van der Waals surface area contributed by atoms with E-state index in [2.05, 4.69) is 6.07 Å². The number of hydrogen-bond donors (Lipinski definition) is 0. The zero-order valence-electron chi connectivity index (χ0n) is 7.38. The molecule has 0 aliphatic heterocycles. The van der Waals surface area contributed by atoms with Gasteiger partial charge in [-0.15, -0.1) is 11.8 Å². The van der Waals surface area contributed by atoms with E-state index >= 15 is 0 Å². The largest absolute Gasteiger partial charge is 0.198 e. The van der Waals surface area contributed by atoms with Gasteiger partial charge in [0, 0.05) is 11.3 Å². The molecule has 0 N–H and O–H groups in total. The Morgan fingerprint density at radius 2 is 2.31 bits per heavy atom. The lowest BCUT2D eigenvalue weighted by atomic mass is 10.1. The average molecular weight is 212 g/mol. The van der Waals surface area contributed by atoms with Crippen LogP contribution in [0.2, 0.25) is 5.02 Å². The van der Waals surface area contributed by atoms with E-state index in [1.54, 1.807) is 11.8 Å². The molecule has 1 aromatic rings. The lowest BCUT2D eigenvalue weighted by Crippen LogP contribution is -1.88. The molecule has 1 rings (SSSR count). The molecule has 0 spiro atoms. The van der Waals surface area contributed by atoms with Gasteiger partial charge in [0.1, 0.15) is 0 Å². The molecular weight excluding hydrogens is 202 g/mol. The topological polar surface area (TPSA) is 23.8 Å². The van der Waals surface area contributed by atoms with Crippen LogP contribution in [0.15, 0.2) is 23.1 Å². The number of thioether (sulfide) groups is 1. The van der Waals surface area contributed by atoms with Gasteiger partial charge in [0.2, 0.25) is 0 Å². The molecule has 0 unspecified atom stereocenters.